The van der Waals surface area contributed by atoms with Crippen LogP contribution in [0.4, 0.5) is 5.69 Å². The van der Waals surface area contributed by atoms with E-state index in [9.17, 15) is 9.59 Å². The third-order valence-electron chi connectivity index (χ3n) is 4.39. The van der Waals surface area contributed by atoms with E-state index in [0.29, 0.717) is 23.8 Å². The third kappa shape index (κ3) is 3.37. The zero-order valence-electron chi connectivity index (χ0n) is 15.2. The van der Waals surface area contributed by atoms with Gasteiger partial charge in [-0.25, -0.2) is 0 Å². The number of anilines is 1. The predicted octanol–water partition coefficient (Wildman–Crippen LogP) is 2.51. The van der Waals surface area contributed by atoms with Crippen molar-refractivity contribution >= 4 is 17.5 Å². The van der Waals surface area contributed by atoms with Gasteiger partial charge in [-0.2, -0.15) is 4.98 Å². The van der Waals surface area contributed by atoms with E-state index in [1.165, 1.54) is 6.08 Å². The zero-order valence-corrected chi connectivity index (χ0v) is 15.2. The van der Waals surface area contributed by atoms with Crippen LogP contribution >= 0.6 is 0 Å². The smallest absolute Gasteiger partial charge is 0.252 e. The molecule has 0 saturated heterocycles. The van der Waals surface area contributed by atoms with Gasteiger partial charge in [-0.3, -0.25) is 9.59 Å². The fourth-order valence-electron chi connectivity index (χ4n) is 3.04. The Morgan fingerprint density at radius 2 is 2.15 bits per heavy atom. The maximum atomic E-state index is 12.7. The molecule has 1 aliphatic heterocycles. The summed E-state index contributed by atoms with van der Waals surface area (Å²) in [6.45, 7) is 9.55. The predicted molar refractivity (Wildman–Crippen MR) is 96.8 cm³/mol. The molecule has 0 fully saturated rings. The normalized spacial score (nSPS) is 13.9. The van der Waals surface area contributed by atoms with Crippen LogP contribution in [0.25, 0.3) is 0 Å². The van der Waals surface area contributed by atoms with E-state index in [2.05, 4.69) is 22.0 Å². The van der Waals surface area contributed by atoms with Gasteiger partial charge >= 0.3 is 0 Å². The summed E-state index contributed by atoms with van der Waals surface area (Å²) in [6, 6.07) is 5.37. The van der Waals surface area contributed by atoms with Crippen molar-refractivity contribution in [3.8, 4) is 0 Å². The van der Waals surface area contributed by atoms with E-state index in [0.717, 1.165) is 24.1 Å². The van der Waals surface area contributed by atoms with Crippen LogP contribution in [-0.4, -0.2) is 28.5 Å². The van der Waals surface area contributed by atoms with Crippen LogP contribution in [0.2, 0.25) is 0 Å². The maximum Gasteiger partial charge on any atom is 0.252 e. The number of rotatable bonds is 4. The van der Waals surface area contributed by atoms with Crippen molar-refractivity contribution in [2.75, 3.05) is 11.4 Å². The first-order valence-electron chi connectivity index (χ1n) is 8.52. The molecular formula is C19H22N4O3. The van der Waals surface area contributed by atoms with Gasteiger partial charge in [0.25, 0.3) is 11.8 Å². The first-order valence-corrected chi connectivity index (χ1v) is 8.52. The number of hydrogen-bond donors (Lipinski definition) is 1. The Balaban J connectivity index is 1.83. The molecule has 0 saturated carbocycles. The van der Waals surface area contributed by atoms with Crippen LogP contribution in [-0.2, 0) is 16.8 Å². The number of carbonyl (C=O) groups excluding carboxylic acids is 2. The lowest BCUT2D eigenvalue weighted by molar-refractivity contribution is -0.114. The lowest BCUT2D eigenvalue weighted by atomic mass is 9.98. The number of fused-ring (bicyclic) bond motifs is 1. The van der Waals surface area contributed by atoms with Crippen molar-refractivity contribution in [3.63, 3.8) is 0 Å². The summed E-state index contributed by atoms with van der Waals surface area (Å²) in [6.07, 6.45) is 2.98. The van der Waals surface area contributed by atoms with Gasteiger partial charge in [0.2, 0.25) is 5.91 Å². The number of nitrogens with one attached hydrogen (secondary N) is 1. The van der Waals surface area contributed by atoms with Crippen molar-refractivity contribution < 1.29 is 14.1 Å². The molecule has 1 aromatic carbocycles. The maximum absolute atomic E-state index is 12.7. The number of nitrogens with zero attached hydrogens (tertiary/aromatic N) is 3. The highest BCUT2D eigenvalue weighted by atomic mass is 16.5. The zero-order chi connectivity index (χ0) is 18.9. The molecule has 0 radical (unpaired) electrons. The molecule has 1 N–H and O–H groups in total. The largest absolute Gasteiger partial charge is 0.338 e. The van der Waals surface area contributed by atoms with Crippen molar-refractivity contribution in [2.45, 2.75) is 39.2 Å². The Morgan fingerprint density at radius 3 is 2.81 bits per heavy atom. The van der Waals surface area contributed by atoms with Crippen molar-refractivity contribution in [1.29, 1.82) is 0 Å². The topological polar surface area (TPSA) is 88.3 Å². The summed E-state index contributed by atoms with van der Waals surface area (Å²) in [5.41, 5.74) is 1.55. The van der Waals surface area contributed by atoms with Gasteiger partial charge < -0.3 is 14.7 Å². The first kappa shape index (κ1) is 17.8. The first-order chi connectivity index (χ1) is 12.3. The third-order valence-corrected chi connectivity index (χ3v) is 4.39. The van der Waals surface area contributed by atoms with E-state index in [-0.39, 0.29) is 11.8 Å². The standard InChI is InChI=1S/C19H22N4O3/c1-5-16(24)23-10-6-7-13-11-14(8-9-15(13)23)17(25)21-19(3,4)18-20-12(2)22-26-18/h5,8-9,11H,1,6-7,10H2,2-4H3,(H,21,25). The second-order valence-electron chi connectivity index (χ2n) is 6.87. The number of aryl methyl sites for hydroxylation is 2. The Labute approximate surface area is 152 Å². The van der Waals surface area contributed by atoms with Crippen LogP contribution in [0.5, 0.6) is 0 Å². The highest BCUT2D eigenvalue weighted by Crippen LogP contribution is 2.29. The molecule has 0 bridgehead atoms. The van der Waals surface area contributed by atoms with Crippen molar-refractivity contribution in [2.24, 2.45) is 0 Å². The van der Waals surface area contributed by atoms with Crippen LogP contribution < -0.4 is 10.2 Å². The molecule has 0 spiro atoms. The molecule has 2 heterocycles. The SMILES string of the molecule is C=CC(=O)N1CCCc2cc(C(=O)NC(C)(C)c3nc(C)no3)ccc21. The lowest BCUT2D eigenvalue weighted by Gasteiger charge is -2.29. The van der Waals surface area contributed by atoms with E-state index >= 15 is 0 Å². The molecule has 136 valence electrons. The van der Waals surface area contributed by atoms with E-state index in [1.54, 1.807) is 31.7 Å². The Bertz CT molecular complexity index is 869. The summed E-state index contributed by atoms with van der Waals surface area (Å²) in [5.74, 6) is 0.504. The minimum Gasteiger partial charge on any atom is -0.338 e. The average Bonchev–Trinajstić information content (AvgIpc) is 3.07. The molecule has 0 atom stereocenters. The lowest BCUT2D eigenvalue weighted by Crippen LogP contribution is -2.41. The number of hydrogen-bond acceptors (Lipinski definition) is 5. The van der Waals surface area contributed by atoms with Crippen molar-refractivity contribution in [3.05, 3.63) is 53.7 Å². The van der Waals surface area contributed by atoms with Crippen LogP contribution in [0.15, 0.2) is 35.4 Å². The van der Waals surface area contributed by atoms with Gasteiger partial charge in [-0.15, -0.1) is 0 Å². The summed E-state index contributed by atoms with van der Waals surface area (Å²) < 4.78 is 5.18. The number of aromatic nitrogens is 2. The van der Waals surface area contributed by atoms with Gasteiger partial charge in [0, 0.05) is 17.8 Å². The minimum atomic E-state index is -0.793. The summed E-state index contributed by atoms with van der Waals surface area (Å²) >= 11 is 0. The van der Waals surface area contributed by atoms with Gasteiger partial charge in [0.05, 0.1) is 0 Å². The van der Waals surface area contributed by atoms with E-state index in [1.807, 2.05) is 12.1 Å². The molecule has 1 aliphatic rings. The fourth-order valence-corrected chi connectivity index (χ4v) is 3.04. The molecule has 7 heteroatoms. The summed E-state index contributed by atoms with van der Waals surface area (Å²) in [7, 11) is 0. The number of amides is 2. The molecule has 2 amide bonds. The summed E-state index contributed by atoms with van der Waals surface area (Å²) in [4.78, 5) is 30.6. The van der Waals surface area contributed by atoms with Gasteiger partial charge in [0.1, 0.15) is 5.54 Å². The number of benzene rings is 1. The van der Waals surface area contributed by atoms with Crippen LogP contribution in [0, 0.1) is 6.92 Å². The molecule has 1 aromatic heterocycles. The van der Waals surface area contributed by atoms with Crippen LogP contribution in [0.3, 0.4) is 0 Å². The van der Waals surface area contributed by atoms with Crippen LogP contribution in [0.1, 0.15) is 47.9 Å². The Hall–Kier alpha value is -2.96. The molecule has 26 heavy (non-hydrogen) atoms. The second kappa shape index (κ2) is 6.74. The van der Waals surface area contributed by atoms with E-state index < -0.39 is 5.54 Å². The monoisotopic (exact) mass is 354 g/mol. The highest BCUT2D eigenvalue weighted by molar-refractivity contribution is 6.02. The quantitative estimate of drug-likeness (QED) is 0.852. The average molecular weight is 354 g/mol. The second-order valence-corrected chi connectivity index (χ2v) is 6.87. The molecule has 3 rings (SSSR count). The fraction of sp³-hybridized carbons (Fsp3) is 0.368. The molecule has 0 aliphatic carbocycles. The minimum absolute atomic E-state index is 0.129. The molecular weight excluding hydrogens is 332 g/mol. The Morgan fingerprint density at radius 1 is 1.38 bits per heavy atom. The molecule has 7 nitrogen and oxygen atoms in total. The van der Waals surface area contributed by atoms with E-state index in [4.69, 9.17) is 4.52 Å². The molecule has 2 aromatic rings. The molecule has 0 unspecified atom stereocenters. The van der Waals surface area contributed by atoms with Gasteiger partial charge in [0.15, 0.2) is 5.82 Å². The van der Waals surface area contributed by atoms with Gasteiger partial charge in [-0.1, -0.05) is 11.7 Å². The Kier molecular flexibility index (Phi) is 4.63. The highest BCUT2D eigenvalue weighted by Gasteiger charge is 2.30. The van der Waals surface area contributed by atoms with Gasteiger partial charge in [-0.05, 0) is 63.5 Å². The van der Waals surface area contributed by atoms with Crippen molar-refractivity contribution in [1.82, 2.24) is 15.5 Å². The number of carbonyl (C=O) groups is 2. The summed E-state index contributed by atoms with van der Waals surface area (Å²) in [5, 5.41) is 6.69.